The molecule has 0 amide bonds. The molecular weight excluding hydrogens is 228 g/mol. The van der Waals surface area contributed by atoms with Crippen molar-refractivity contribution in [3.05, 3.63) is 0 Å². The third-order valence-electron chi connectivity index (χ3n) is 3.68. The lowest BCUT2D eigenvalue weighted by molar-refractivity contribution is -0.253. The molecular formula is C15H30O3. The average Bonchev–Trinajstić information content (AvgIpc) is 2.38. The lowest BCUT2D eigenvalue weighted by atomic mass is 9.85. The van der Waals surface area contributed by atoms with Gasteiger partial charge in [0.05, 0.1) is 0 Å². The van der Waals surface area contributed by atoms with Crippen LogP contribution in [0.5, 0.6) is 0 Å². The van der Waals surface area contributed by atoms with Crippen LogP contribution in [0.25, 0.3) is 0 Å². The van der Waals surface area contributed by atoms with Gasteiger partial charge in [0, 0.05) is 39.3 Å². The van der Waals surface area contributed by atoms with E-state index >= 15 is 0 Å². The standard InChI is InChI=1S/C15H30O3/c1-4-7-12-16-13-14-8-10-15(11-9-14,17-5-2)18-6-3/h14H,4-13H2,1-3H3. The molecule has 0 aromatic heterocycles. The van der Waals surface area contributed by atoms with Gasteiger partial charge in [-0.15, -0.1) is 0 Å². The summed E-state index contributed by atoms with van der Waals surface area (Å²) in [4.78, 5) is 0. The molecule has 3 nitrogen and oxygen atoms in total. The Kier molecular flexibility index (Phi) is 7.87. The molecule has 1 fully saturated rings. The molecule has 0 saturated heterocycles. The Balaban J connectivity index is 2.25. The summed E-state index contributed by atoms with van der Waals surface area (Å²) >= 11 is 0. The second-order valence-electron chi connectivity index (χ2n) is 5.15. The molecule has 1 aliphatic carbocycles. The third kappa shape index (κ3) is 5.25. The van der Waals surface area contributed by atoms with Crippen LogP contribution in [-0.4, -0.2) is 32.2 Å². The fraction of sp³-hybridized carbons (Fsp3) is 1.00. The van der Waals surface area contributed by atoms with Crippen LogP contribution in [0.3, 0.4) is 0 Å². The summed E-state index contributed by atoms with van der Waals surface area (Å²) < 4.78 is 17.4. The van der Waals surface area contributed by atoms with Gasteiger partial charge in [-0.05, 0) is 39.0 Å². The molecule has 0 aromatic carbocycles. The maximum Gasteiger partial charge on any atom is 0.168 e. The molecule has 18 heavy (non-hydrogen) atoms. The zero-order chi connectivity index (χ0) is 13.3. The van der Waals surface area contributed by atoms with Gasteiger partial charge < -0.3 is 14.2 Å². The van der Waals surface area contributed by atoms with E-state index in [0.717, 1.165) is 52.1 Å². The molecule has 0 atom stereocenters. The van der Waals surface area contributed by atoms with E-state index in [-0.39, 0.29) is 5.79 Å². The van der Waals surface area contributed by atoms with Crippen molar-refractivity contribution in [1.29, 1.82) is 0 Å². The van der Waals surface area contributed by atoms with Crippen molar-refractivity contribution in [1.82, 2.24) is 0 Å². The molecule has 1 aliphatic rings. The van der Waals surface area contributed by atoms with Crippen molar-refractivity contribution >= 4 is 0 Å². The Bertz CT molecular complexity index is 190. The third-order valence-corrected chi connectivity index (χ3v) is 3.68. The van der Waals surface area contributed by atoms with Gasteiger partial charge in [-0.2, -0.15) is 0 Å². The summed E-state index contributed by atoms with van der Waals surface area (Å²) in [7, 11) is 0. The first-order valence-electron chi connectivity index (χ1n) is 7.62. The molecule has 0 unspecified atom stereocenters. The van der Waals surface area contributed by atoms with Crippen LogP contribution in [0.2, 0.25) is 0 Å². The molecule has 1 rings (SSSR count). The van der Waals surface area contributed by atoms with Crippen molar-refractivity contribution in [2.45, 2.75) is 65.1 Å². The molecule has 0 heterocycles. The van der Waals surface area contributed by atoms with Crippen molar-refractivity contribution in [2.24, 2.45) is 5.92 Å². The summed E-state index contributed by atoms with van der Waals surface area (Å²) in [5.74, 6) is 0.388. The first-order chi connectivity index (χ1) is 8.76. The monoisotopic (exact) mass is 258 g/mol. The van der Waals surface area contributed by atoms with E-state index in [0.29, 0.717) is 5.92 Å². The highest BCUT2D eigenvalue weighted by molar-refractivity contribution is 4.80. The highest BCUT2D eigenvalue weighted by atomic mass is 16.7. The topological polar surface area (TPSA) is 27.7 Å². The molecule has 0 N–H and O–H groups in total. The minimum atomic E-state index is -0.302. The van der Waals surface area contributed by atoms with Crippen LogP contribution in [0.4, 0.5) is 0 Å². The largest absolute Gasteiger partial charge is 0.381 e. The molecule has 0 radical (unpaired) electrons. The van der Waals surface area contributed by atoms with E-state index in [9.17, 15) is 0 Å². The van der Waals surface area contributed by atoms with Gasteiger partial charge >= 0.3 is 0 Å². The lowest BCUT2D eigenvalue weighted by Crippen LogP contribution is -2.40. The van der Waals surface area contributed by atoms with E-state index < -0.39 is 0 Å². The summed E-state index contributed by atoms with van der Waals surface area (Å²) in [6.45, 7) is 9.57. The highest BCUT2D eigenvalue weighted by Gasteiger charge is 2.36. The summed E-state index contributed by atoms with van der Waals surface area (Å²) in [6.07, 6.45) is 6.72. The van der Waals surface area contributed by atoms with Crippen LogP contribution in [0.15, 0.2) is 0 Å². The summed E-state index contributed by atoms with van der Waals surface area (Å²) in [6, 6.07) is 0. The Morgan fingerprint density at radius 3 is 2.11 bits per heavy atom. The van der Waals surface area contributed by atoms with Crippen molar-refractivity contribution in [2.75, 3.05) is 26.4 Å². The van der Waals surface area contributed by atoms with Gasteiger partial charge in [0.1, 0.15) is 0 Å². The van der Waals surface area contributed by atoms with Crippen LogP contribution in [0, 0.1) is 5.92 Å². The Morgan fingerprint density at radius 1 is 1.00 bits per heavy atom. The maximum atomic E-state index is 5.84. The van der Waals surface area contributed by atoms with Gasteiger partial charge in [0.15, 0.2) is 5.79 Å². The summed E-state index contributed by atoms with van der Waals surface area (Å²) in [5.41, 5.74) is 0. The van der Waals surface area contributed by atoms with Gasteiger partial charge in [0.25, 0.3) is 0 Å². The number of hydrogen-bond donors (Lipinski definition) is 0. The van der Waals surface area contributed by atoms with E-state index in [1.165, 1.54) is 12.8 Å². The van der Waals surface area contributed by atoms with E-state index in [4.69, 9.17) is 14.2 Å². The van der Waals surface area contributed by atoms with Crippen molar-refractivity contribution in [3.63, 3.8) is 0 Å². The fourth-order valence-electron chi connectivity index (χ4n) is 2.64. The van der Waals surface area contributed by atoms with Crippen molar-refractivity contribution in [3.8, 4) is 0 Å². The van der Waals surface area contributed by atoms with Gasteiger partial charge in [-0.1, -0.05) is 13.3 Å². The van der Waals surface area contributed by atoms with Crippen LogP contribution in [0.1, 0.15) is 59.3 Å². The van der Waals surface area contributed by atoms with Gasteiger partial charge in [-0.25, -0.2) is 0 Å². The predicted molar refractivity (Wildman–Crippen MR) is 73.7 cm³/mol. The van der Waals surface area contributed by atoms with Crippen LogP contribution < -0.4 is 0 Å². The normalized spacial score (nSPS) is 20.2. The first-order valence-corrected chi connectivity index (χ1v) is 7.62. The fourth-order valence-corrected chi connectivity index (χ4v) is 2.64. The van der Waals surface area contributed by atoms with Crippen molar-refractivity contribution < 1.29 is 14.2 Å². The highest BCUT2D eigenvalue weighted by Crippen LogP contribution is 2.36. The number of rotatable bonds is 9. The van der Waals surface area contributed by atoms with Crippen LogP contribution in [-0.2, 0) is 14.2 Å². The van der Waals surface area contributed by atoms with Gasteiger partial charge in [-0.3, -0.25) is 0 Å². The molecule has 3 heteroatoms. The predicted octanol–water partition coefficient (Wildman–Crippen LogP) is 3.76. The molecule has 0 spiro atoms. The molecule has 0 bridgehead atoms. The van der Waals surface area contributed by atoms with E-state index in [2.05, 4.69) is 6.92 Å². The zero-order valence-electron chi connectivity index (χ0n) is 12.4. The number of ether oxygens (including phenoxy) is 3. The molecule has 1 saturated carbocycles. The number of hydrogen-bond acceptors (Lipinski definition) is 3. The minimum Gasteiger partial charge on any atom is -0.381 e. The number of unbranched alkanes of at least 4 members (excludes halogenated alkanes) is 1. The Hall–Kier alpha value is -0.120. The van der Waals surface area contributed by atoms with E-state index in [1.54, 1.807) is 0 Å². The molecule has 0 aliphatic heterocycles. The SMILES string of the molecule is CCCCOCC1CCC(OCC)(OCC)CC1. The Labute approximate surface area is 112 Å². The van der Waals surface area contributed by atoms with Crippen LogP contribution >= 0.6 is 0 Å². The second-order valence-corrected chi connectivity index (χ2v) is 5.15. The summed E-state index contributed by atoms with van der Waals surface area (Å²) in [5, 5.41) is 0. The lowest BCUT2D eigenvalue weighted by Gasteiger charge is -2.39. The minimum absolute atomic E-state index is 0.302. The molecule has 0 aromatic rings. The first kappa shape index (κ1) is 15.9. The smallest absolute Gasteiger partial charge is 0.168 e. The maximum absolute atomic E-state index is 5.84. The average molecular weight is 258 g/mol. The molecule has 108 valence electrons. The zero-order valence-corrected chi connectivity index (χ0v) is 12.4. The Morgan fingerprint density at radius 2 is 1.61 bits per heavy atom. The van der Waals surface area contributed by atoms with E-state index in [1.807, 2.05) is 13.8 Å². The van der Waals surface area contributed by atoms with Gasteiger partial charge in [0.2, 0.25) is 0 Å². The quantitative estimate of drug-likeness (QED) is 0.465. The second kappa shape index (κ2) is 8.89.